The molecule has 0 amide bonds. The first-order valence-corrected chi connectivity index (χ1v) is 5.34. The van der Waals surface area contributed by atoms with E-state index >= 15 is 0 Å². The first-order chi connectivity index (χ1) is 6.27. The molecule has 0 bridgehead atoms. The van der Waals surface area contributed by atoms with E-state index in [1.54, 1.807) is 0 Å². The van der Waals surface area contributed by atoms with Crippen molar-refractivity contribution in [3.63, 3.8) is 0 Å². The Bertz CT molecular complexity index is 263. The average molecular weight is 196 g/mol. The second kappa shape index (κ2) is 3.48. The fraction of sp³-hybridized carbons (Fsp3) is 0.833. The van der Waals surface area contributed by atoms with Gasteiger partial charge in [-0.05, 0) is 17.3 Å². The fourth-order valence-electron chi connectivity index (χ4n) is 3.19. The van der Waals surface area contributed by atoms with Crippen LogP contribution in [-0.2, 0) is 9.59 Å². The largest absolute Gasteiger partial charge is 0.291 e. The number of carbonyl (C=O) groups is 2. The van der Waals surface area contributed by atoms with E-state index in [0.29, 0.717) is 18.3 Å². The molecule has 0 radical (unpaired) electrons. The molecule has 2 nitrogen and oxygen atoms in total. The fourth-order valence-corrected chi connectivity index (χ4v) is 3.19. The third-order valence-corrected chi connectivity index (χ3v) is 3.46. The Balaban J connectivity index is 3.02. The zero-order valence-corrected chi connectivity index (χ0v) is 9.76. The molecule has 14 heavy (non-hydrogen) atoms. The molecule has 0 spiro atoms. The van der Waals surface area contributed by atoms with E-state index < -0.39 is 0 Å². The van der Waals surface area contributed by atoms with Gasteiger partial charge in [0.1, 0.15) is 0 Å². The van der Waals surface area contributed by atoms with Crippen molar-refractivity contribution >= 4 is 11.6 Å². The van der Waals surface area contributed by atoms with E-state index in [-0.39, 0.29) is 22.9 Å². The molecule has 80 valence electrons. The highest BCUT2D eigenvalue weighted by Gasteiger charge is 2.46. The van der Waals surface area contributed by atoms with Crippen LogP contribution in [0.3, 0.4) is 0 Å². The van der Waals surface area contributed by atoms with Gasteiger partial charge in [-0.3, -0.25) is 9.59 Å². The summed E-state index contributed by atoms with van der Waals surface area (Å²) in [5, 5.41) is 0. The van der Waals surface area contributed by atoms with Crippen LogP contribution in [0.4, 0.5) is 0 Å². The zero-order chi connectivity index (χ0) is 11.1. The molecule has 0 aromatic carbocycles. The molecule has 0 aromatic rings. The Morgan fingerprint density at radius 2 is 1.79 bits per heavy atom. The van der Waals surface area contributed by atoms with Crippen LogP contribution in [0.25, 0.3) is 0 Å². The third kappa shape index (κ3) is 1.75. The van der Waals surface area contributed by atoms with Gasteiger partial charge in [-0.2, -0.15) is 0 Å². The van der Waals surface area contributed by atoms with Gasteiger partial charge < -0.3 is 0 Å². The van der Waals surface area contributed by atoms with Crippen LogP contribution < -0.4 is 0 Å². The molecule has 1 aliphatic carbocycles. The van der Waals surface area contributed by atoms with Gasteiger partial charge in [0.05, 0.1) is 0 Å². The Labute approximate surface area is 86.1 Å². The molecule has 2 unspecified atom stereocenters. The smallest absolute Gasteiger partial charge is 0.201 e. The van der Waals surface area contributed by atoms with E-state index in [0.717, 1.165) is 0 Å². The SMILES string of the molecule is CC(C)C1C(C)C(=O)C(=O)CC1(C)C. The monoisotopic (exact) mass is 196 g/mol. The van der Waals surface area contributed by atoms with Gasteiger partial charge in [-0.25, -0.2) is 0 Å². The highest BCUT2D eigenvalue weighted by atomic mass is 16.2. The van der Waals surface area contributed by atoms with Crippen molar-refractivity contribution in [2.45, 2.75) is 41.0 Å². The number of Topliss-reactive ketones (excluding diaryl/α,β-unsaturated/α-hetero) is 2. The Morgan fingerprint density at radius 3 is 2.21 bits per heavy atom. The maximum Gasteiger partial charge on any atom is 0.201 e. The summed E-state index contributed by atoms with van der Waals surface area (Å²) in [6.45, 7) is 10.3. The lowest BCUT2D eigenvalue weighted by atomic mass is 9.59. The zero-order valence-electron chi connectivity index (χ0n) is 9.76. The van der Waals surface area contributed by atoms with Gasteiger partial charge >= 0.3 is 0 Å². The Hall–Kier alpha value is -0.660. The van der Waals surface area contributed by atoms with Gasteiger partial charge in [0.2, 0.25) is 5.78 Å². The molecule has 1 fully saturated rings. The first-order valence-electron chi connectivity index (χ1n) is 5.34. The van der Waals surface area contributed by atoms with Crippen LogP contribution >= 0.6 is 0 Å². The highest BCUT2D eigenvalue weighted by molar-refractivity contribution is 6.38. The molecule has 0 saturated heterocycles. The van der Waals surface area contributed by atoms with Crippen molar-refractivity contribution in [1.29, 1.82) is 0 Å². The minimum absolute atomic E-state index is 0.0292. The lowest BCUT2D eigenvalue weighted by Crippen LogP contribution is -2.46. The summed E-state index contributed by atoms with van der Waals surface area (Å²) in [6, 6.07) is 0. The van der Waals surface area contributed by atoms with Crippen molar-refractivity contribution in [3.8, 4) is 0 Å². The van der Waals surface area contributed by atoms with Gasteiger partial charge in [0.25, 0.3) is 0 Å². The summed E-state index contributed by atoms with van der Waals surface area (Å²) in [4.78, 5) is 23.0. The van der Waals surface area contributed by atoms with Gasteiger partial charge in [-0.15, -0.1) is 0 Å². The van der Waals surface area contributed by atoms with Gasteiger partial charge in [0, 0.05) is 12.3 Å². The van der Waals surface area contributed by atoms with Crippen LogP contribution in [-0.4, -0.2) is 11.6 Å². The molecule has 1 saturated carbocycles. The van der Waals surface area contributed by atoms with E-state index in [1.165, 1.54) is 0 Å². The summed E-state index contributed by atoms with van der Waals surface area (Å²) in [6.07, 6.45) is 0.416. The van der Waals surface area contributed by atoms with Crippen molar-refractivity contribution in [2.75, 3.05) is 0 Å². The van der Waals surface area contributed by atoms with Crippen LogP contribution in [0.15, 0.2) is 0 Å². The van der Waals surface area contributed by atoms with Crippen LogP contribution in [0, 0.1) is 23.2 Å². The number of ketones is 2. The van der Waals surface area contributed by atoms with E-state index in [2.05, 4.69) is 27.7 Å². The van der Waals surface area contributed by atoms with Gasteiger partial charge in [0.15, 0.2) is 5.78 Å². The van der Waals surface area contributed by atoms with Crippen LogP contribution in [0.1, 0.15) is 41.0 Å². The van der Waals surface area contributed by atoms with Crippen molar-refractivity contribution in [1.82, 2.24) is 0 Å². The molecule has 0 N–H and O–H groups in total. The van der Waals surface area contributed by atoms with Crippen molar-refractivity contribution in [3.05, 3.63) is 0 Å². The maximum absolute atomic E-state index is 11.6. The Morgan fingerprint density at radius 1 is 1.29 bits per heavy atom. The van der Waals surface area contributed by atoms with Crippen molar-refractivity contribution < 1.29 is 9.59 Å². The minimum atomic E-state index is -0.181. The average Bonchev–Trinajstić information content (AvgIpc) is 1.98. The minimum Gasteiger partial charge on any atom is -0.291 e. The summed E-state index contributed by atoms with van der Waals surface area (Å²) >= 11 is 0. The van der Waals surface area contributed by atoms with Gasteiger partial charge in [-0.1, -0.05) is 34.6 Å². The summed E-state index contributed by atoms with van der Waals surface area (Å²) in [7, 11) is 0. The van der Waals surface area contributed by atoms with E-state index in [9.17, 15) is 9.59 Å². The second-order valence-corrected chi connectivity index (χ2v) is 5.51. The molecule has 0 heterocycles. The predicted molar refractivity (Wildman–Crippen MR) is 55.9 cm³/mol. The summed E-state index contributed by atoms with van der Waals surface area (Å²) in [5.74, 6) is 0.332. The van der Waals surface area contributed by atoms with Crippen LogP contribution in [0.2, 0.25) is 0 Å². The molecular weight excluding hydrogens is 176 g/mol. The topological polar surface area (TPSA) is 34.1 Å². The quantitative estimate of drug-likeness (QED) is 0.604. The number of hydrogen-bond acceptors (Lipinski definition) is 2. The summed E-state index contributed by atoms with van der Waals surface area (Å²) < 4.78 is 0. The van der Waals surface area contributed by atoms with Crippen LogP contribution in [0.5, 0.6) is 0 Å². The standard InChI is InChI=1S/C12H20O2/c1-7(2)10-8(3)11(14)9(13)6-12(10,4)5/h7-8,10H,6H2,1-5H3. The lowest BCUT2D eigenvalue weighted by molar-refractivity contribution is -0.147. The molecule has 1 rings (SSSR count). The van der Waals surface area contributed by atoms with E-state index in [1.807, 2.05) is 6.92 Å². The molecule has 2 heteroatoms. The second-order valence-electron chi connectivity index (χ2n) is 5.51. The molecular formula is C12H20O2. The van der Waals surface area contributed by atoms with Crippen molar-refractivity contribution in [2.24, 2.45) is 23.2 Å². The normalized spacial score (nSPS) is 32.4. The molecule has 0 aliphatic heterocycles. The lowest BCUT2D eigenvalue weighted by Gasteiger charge is -2.43. The molecule has 2 atom stereocenters. The maximum atomic E-state index is 11.6. The predicted octanol–water partition coefficient (Wildman–Crippen LogP) is 2.46. The number of rotatable bonds is 1. The Kier molecular flexibility index (Phi) is 2.84. The highest BCUT2D eigenvalue weighted by Crippen LogP contribution is 2.44. The number of hydrogen-bond donors (Lipinski definition) is 0. The molecule has 1 aliphatic rings. The van der Waals surface area contributed by atoms with E-state index in [4.69, 9.17) is 0 Å². The summed E-state index contributed by atoms with van der Waals surface area (Å²) in [5.41, 5.74) is -0.0292. The number of carbonyl (C=O) groups excluding carboxylic acids is 2. The third-order valence-electron chi connectivity index (χ3n) is 3.46. The molecule has 0 aromatic heterocycles. The first kappa shape index (κ1) is 11.4.